The van der Waals surface area contributed by atoms with Gasteiger partial charge in [0.25, 0.3) is 0 Å². The quantitative estimate of drug-likeness (QED) is 0.396. The van der Waals surface area contributed by atoms with Gasteiger partial charge in [0.1, 0.15) is 0 Å². The minimum absolute atomic E-state index is 0.0470. The number of imidazole rings is 1. The lowest BCUT2D eigenvalue weighted by molar-refractivity contribution is -0.129. The highest BCUT2D eigenvalue weighted by Gasteiger charge is 2.22. The van der Waals surface area contributed by atoms with Gasteiger partial charge in [0, 0.05) is 20.1 Å². The summed E-state index contributed by atoms with van der Waals surface area (Å²) in [5.41, 5.74) is 3.23. The lowest BCUT2D eigenvalue weighted by Gasteiger charge is -2.21. The standard InChI is InChI=1S/C23H27N3O3S/c1-5-26-20-13-12-18(22(28)29-6-2)14-19(20)24-23(26)30-16(3)21(27)25(4)15-17-10-8-7-9-11-17/h7-14,16H,5-6,15H2,1-4H3/t16-/m0/s1. The molecule has 0 aliphatic rings. The minimum atomic E-state index is -0.356. The van der Waals surface area contributed by atoms with Gasteiger partial charge >= 0.3 is 5.97 Å². The van der Waals surface area contributed by atoms with Crippen molar-refractivity contribution in [2.24, 2.45) is 0 Å². The van der Waals surface area contributed by atoms with Gasteiger partial charge in [-0.05, 0) is 44.5 Å². The molecule has 0 aliphatic carbocycles. The van der Waals surface area contributed by atoms with E-state index in [2.05, 4.69) is 4.57 Å². The molecule has 30 heavy (non-hydrogen) atoms. The first kappa shape index (κ1) is 21.9. The highest BCUT2D eigenvalue weighted by atomic mass is 32.2. The summed E-state index contributed by atoms with van der Waals surface area (Å²) < 4.78 is 7.15. The predicted octanol–water partition coefficient (Wildman–Crippen LogP) is 4.37. The van der Waals surface area contributed by atoms with Crippen LogP contribution in [0.4, 0.5) is 0 Å². The van der Waals surface area contributed by atoms with E-state index in [9.17, 15) is 9.59 Å². The van der Waals surface area contributed by atoms with Gasteiger partial charge in [0.15, 0.2) is 5.16 Å². The Balaban J connectivity index is 1.78. The number of ether oxygens (including phenoxy) is 1. The van der Waals surface area contributed by atoms with E-state index >= 15 is 0 Å². The van der Waals surface area contributed by atoms with Crippen LogP contribution in [0, 0.1) is 0 Å². The molecule has 3 rings (SSSR count). The van der Waals surface area contributed by atoms with Gasteiger partial charge < -0.3 is 14.2 Å². The molecule has 0 N–H and O–H groups in total. The summed E-state index contributed by atoms with van der Waals surface area (Å²) in [4.78, 5) is 31.4. The zero-order valence-corrected chi connectivity index (χ0v) is 18.6. The van der Waals surface area contributed by atoms with Crippen molar-refractivity contribution in [1.29, 1.82) is 0 Å². The Morgan fingerprint density at radius 2 is 1.90 bits per heavy atom. The van der Waals surface area contributed by atoms with Crippen LogP contribution in [0.1, 0.15) is 36.7 Å². The number of fused-ring (bicyclic) bond motifs is 1. The molecule has 1 heterocycles. The molecule has 0 aliphatic heterocycles. The summed E-state index contributed by atoms with van der Waals surface area (Å²) in [6.07, 6.45) is 0. The third-order valence-corrected chi connectivity index (χ3v) is 5.89. The molecule has 1 aromatic heterocycles. The zero-order chi connectivity index (χ0) is 21.7. The maximum atomic E-state index is 12.9. The number of aromatic nitrogens is 2. The van der Waals surface area contributed by atoms with E-state index in [1.54, 1.807) is 24.0 Å². The van der Waals surface area contributed by atoms with Crippen molar-refractivity contribution in [3.05, 3.63) is 59.7 Å². The topological polar surface area (TPSA) is 64.4 Å². The highest BCUT2D eigenvalue weighted by molar-refractivity contribution is 8.00. The molecule has 3 aromatic rings. The molecular formula is C23H27N3O3S. The summed E-state index contributed by atoms with van der Waals surface area (Å²) in [6.45, 7) is 7.34. The van der Waals surface area contributed by atoms with Crippen molar-refractivity contribution >= 4 is 34.7 Å². The number of rotatable bonds is 8. The van der Waals surface area contributed by atoms with Gasteiger partial charge in [-0.25, -0.2) is 9.78 Å². The van der Waals surface area contributed by atoms with E-state index in [-0.39, 0.29) is 17.1 Å². The number of carbonyl (C=O) groups excluding carboxylic acids is 2. The van der Waals surface area contributed by atoms with Crippen LogP contribution in [-0.2, 0) is 22.6 Å². The van der Waals surface area contributed by atoms with Crippen LogP contribution in [0.2, 0.25) is 0 Å². The fourth-order valence-corrected chi connectivity index (χ4v) is 4.40. The molecule has 0 bridgehead atoms. The number of esters is 1. The molecule has 158 valence electrons. The number of benzene rings is 2. The number of carbonyl (C=O) groups is 2. The van der Waals surface area contributed by atoms with Gasteiger partial charge in [-0.2, -0.15) is 0 Å². The average molecular weight is 426 g/mol. The molecular weight excluding hydrogens is 398 g/mol. The summed E-state index contributed by atoms with van der Waals surface area (Å²) in [5.74, 6) is -0.309. The molecule has 0 fully saturated rings. The van der Waals surface area contributed by atoms with Gasteiger partial charge in [-0.15, -0.1) is 0 Å². The largest absolute Gasteiger partial charge is 0.462 e. The van der Waals surface area contributed by atoms with E-state index in [1.807, 2.05) is 57.3 Å². The number of hydrogen-bond donors (Lipinski definition) is 0. The van der Waals surface area contributed by atoms with Crippen LogP contribution >= 0.6 is 11.8 Å². The van der Waals surface area contributed by atoms with Crippen molar-refractivity contribution in [1.82, 2.24) is 14.5 Å². The summed E-state index contributed by atoms with van der Waals surface area (Å²) in [6, 6.07) is 15.3. The third kappa shape index (κ3) is 4.84. The molecule has 0 unspecified atom stereocenters. The van der Waals surface area contributed by atoms with Crippen LogP contribution in [0.15, 0.2) is 53.7 Å². The molecule has 7 heteroatoms. The Bertz CT molecular complexity index is 1030. The number of nitrogens with zero attached hydrogens (tertiary/aromatic N) is 3. The van der Waals surface area contributed by atoms with E-state index in [0.29, 0.717) is 18.7 Å². The summed E-state index contributed by atoms with van der Waals surface area (Å²) in [5, 5.41) is 0.479. The molecule has 0 spiro atoms. The Morgan fingerprint density at radius 3 is 2.57 bits per heavy atom. The predicted molar refractivity (Wildman–Crippen MR) is 120 cm³/mol. The van der Waals surface area contributed by atoms with Crippen molar-refractivity contribution < 1.29 is 14.3 Å². The Hall–Kier alpha value is -2.80. The van der Waals surface area contributed by atoms with Crippen LogP contribution < -0.4 is 0 Å². The second kappa shape index (κ2) is 9.80. The number of aryl methyl sites for hydroxylation is 1. The SMILES string of the molecule is CCOC(=O)c1ccc2c(c1)nc(S[C@@H](C)C(=O)N(C)Cc1ccccc1)n2CC. The fourth-order valence-electron chi connectivity index (χ4n) is 3.30. The second-order valence-electron chi connectivity index (χ2n) is 7.00. The first-order valence-corrected chi connectivity index (χ1v) is 11.0. The smallest absolute Gasteiger partial charge is 0.338 e. The first-order chi connectivity index (χ1) is 14.4. The Kier molecular flexibility index (Phi) is 7.15. The molecule has 1 atom stereocenters. The molecule has 6 nitrogen and oxygen atoms in total. The molecule has 2 aromatic carbocycles. The monoisotopic (exact) mass is 425 g/mol. The van der Waals surface area contributed by atoms with Crippen molar-refractivity contribution in [2.75, 3.05) is 13.7 Å². The Labute approximate surface area is 181 Å². The van der Waals surface area contributed by atoms with Crippen LogP contribution in [-0.4, -0.2) is 45.2 Å². The summed E-state index contributed by atoms with van der Waals surface area (Å²) in [7, 11) is 1.82. The third-order valence-electron chi connectivity index (χ3n) is 4.81. The van der Waals surface area contributed by atoms with Gasteiger partial charge in [0.2, 0.25) is 5.91 Å². The first-order valence-electron chi connectivity index (χ1n) is 10.1. The maximum Gasteiger partial charge on any atom is 0.338 e. The summed E-state index contributed by atoms with van der Waals surface area (Å²) >= 11 is 1.44. The van der Waals surface area contributed by atoms with Gasteiger partial charge in [0.05, 0.1) is 28.5 Å². The molecule has 0 saturated carbocycles. The number of thioether (sulfide) groups is 1. The molecule has 0 radical (unpaired) electrons. The van der Waals surface area contributed by atoms with Crippen molar-refractivity contribution in [3.8, 4) is 0 Å². The zero-order valence-electron chi connectivity index (χ0n) is 17.8. The average Bonchev–Trinajstić information content (AvgIpc) is 3.09. The molecule has 0 saturated heterocycles. The number of amides is 1. The maximum absolute atomic E-state index is 12.9. The minimum Gasteiger partial charge on any atom is -0.462 e. The second-order valence-corrected chi connectivity index (χ2v) is 8.31. The lowest BCUT2D eigenvalue weighted by atomic mass is 10.2. The number of hydrogen-bond acceptors (Lipinski definition) is 5. The highest BCUT2D eigenvalue weighted by Crippen LogP contribution is 2.29. The van der Waals surface area contributed by atoms with Crippen LogP contribution in [0.5, 0.6) is 0 Å². The van der Waals surface area contributed by atoms with E-state index in [1.165, 1.54) is 11.8 Å². The lowest BCUT2D eigenvalue weighted by Crippen LogP contribution is -2.32. The van der Waals surface area contributed by atoms with Crippen molar-refractivity contribution in [3.63, 3.8) is 0 Å². The van der Waals surface area contributed by atoms with Crippen LogP contribution in [0.3, 0.4) is 0 Å². The van der Waals surface area contributed by atoms with Crippen LogP contribution in [0.25, 0.3) is 11.0 Å². The van der Waals surface area contributed by atoms with Gasteiger partial charge in [-0.1, -0.05) is 42.1 Å². The van der Waals surface area contributed by atoms with Crippen molar-refractivity contribution in [2.45, 2.75) is 44.3 Å². The van der Waals surface area contributed by atoms with E-state index in [0.717, 1.165) is 28.3 Å². The normalized spacial score (nSPS) is 12.0. The fraction of sp³-hybridized carbons (Fsp3) is 0.348. The Morgan fingerprint density at radius 1 is 1.17 bits per heavy atom. The van der Waals surface area contributed by atoms with Gasteiger partial charge in [-0.3, -0.25) is 4.79 Å². The van der Waals surface area contributed by atoms with E-state index in [4.69, 9.17) is 9.72 Å². The van der Waals surface area contributed by atoms with E-state index < -0.39 is 0 Å². The molecule has 1 amide bonds.